The first-order chi connectivity index (χ1) is 15.8. The van der Waals surface area contributed by atoms with Gasteiger partial charge in [-0.25, -0.2) is 0 Å². The van der Waals surface area contributed by atoms with E-state index in [1.807, 2.05) is 39.1 Å². The highest BCUT2D eigenvalue weighted by atomic mass is 16.5. The number of methoxy groups -OCH3 is 1. The van der Waals surface area contributed by atoms with Crippen LogP contribution in [0.25, 0.3) is 10.8 Å². The van der Waals surface area contributed by atoms with Gasteiger partial charge < -0.3 is 15.0 Å². The van der Waals surface area contributed by atoms with E-state index in [1.165, 1.54) is 0 Å². The van der Waals surface area contributed by atoms with Gasteiger partial charge in [-0.05, 0) is 50.1 Å². The number of carbonyl (C=O) groups is 2. The van der Waals surface area contributed by atoms with E-state index in [0.29, 0.717) is 32.2 Å². The van der Waals surface area contributed by atoms with Gasteiger partial charge in [0, 0.05) is 48.6 Å². The molecule has 0 saturated carbocycles. The minimum atomic E-state index is -0.424. The molecule has 1 aliphatic heterocycles. The highest BCUT2D eigenvalue weighted by Gasteiger charge is 2.38. The van der Waals surface area contributed by atoms with Crippen molar-refractivity contribution in [1.29, 1.82) is 0 Å². The van der Waals surface area contributed by atoms with E-state index < -0.39 is 5.54 Å². The lowest BCUT2D eigenvalue weighted by Gasteiger charge is -2.31. The number of nitrogens with zero attached hydrogens (tertiary/aromatic N) is 2. The first-order valence-electron chi connectivity index (χ1n) is 11.4. The molecule has 2 amide bonds. The Morgan fingerprint density at radius 1 is 1.18 bits per heavy atom. The van der Waals surface area contributed by atoms with E-state index in [9.17, 15) is 9.59 Å². The van der Waals surface area contributed by atoms with E-state index in [4.69, 9.17) is 4.74 Å². The quantitative estimate of drug-likeness (QED) is 0.548. The SMILES string of the molecule is COc1ccc(CC2(CCC(=O)N(C)Cc3c(C)n[nH]c3C)CCC(=O)N2)c2ccccc12. The van der Waals surface area contributed by atoms with Crippen LogP contribution in [0.3, 0.4) is 0 Å². The average molecular weight is 449 g/mol. The van der Waals surface area contributed by atoms with Gasteiger partial charge in [0.15, 0.2) is 0 Å². The van der Waals surface area contributed by atoms with E-state index >= 15 is 0 Å². The molecule has 0 spiro atoms. The number of amides is 2. The Hall–Kier alpha value is -3.35. The summed E-state index contributed by atoms with van der Waals surface area (Å²) >= 11 is 0. The molecule has 0 radical (unpaired) electrons. The van der Waals surface area contributed by atoms with Crippen molar-refractivity contribution in [1.82, 2.24) is 20.4 Å². The minimum Gasteiger partial charge on any atom is -0.496 e. The molecule has 0 bridgehead atoms. The lowest BCUT2D eigenvalue weighted by molar-refractivity contribution is -0.131. The first kappa shape index (κ1) is 22.8. The van der Waals surface area contributed by atoms with E-state index in [0.717, 1.165) is 45.5 Å². The second kappa shape index (κ2) is 9.25. The fourth-order valence-electron chi connectivity index (χ4n) is 4.88. The fourth-order valence-corrected chi connectivity index (χ4v) is 4.88. The summed E-state index contributed by atoms with van der Waals surface area (Å²) in [6, 6.07) is 12.2. The number of H-pyrrole nitrogens is 1. The number of rotatable bonds is 8. The number of aromatic nitrogens is 2. The molecule has 1 atom stereocenters. The summed E-state index contributed by atoms with van der Waals surface area (Å²) in [5.74, 6) is 0.953. The summed E-state index contributed by atoms with van der Waals surface area (Å²) in [6.45, 7) is 4.44. The Morgan fingerprint density at radius 3 is 2.58 bits per heavy atom. The molecule has 2 heterocycles. The Morgan fingerprint density at radius 2 is 1.94 bits per heavy atom. The number of nitrogens with one attached hydrogen (secondary N) is 2. The average Bonchev–Trinajstić information content (AvgIpc) is 3.34. The van der Waals surface area contributed by atoms with Gasteiger partial charge in [0.25, 0.3) is 0 Å². The van der Waals surface area contributed by atoms with E-state index in [-0.39, 0.29) is 11.8 Å². The minimum absolute atomic E-state index is 0.0540. The Bertz CT molecular complexity index is 1170. The molecule has 7 heteroatoms. The third-order valence-electron chi connectivity index (χ3n) is 6.88. The van der Waals surface area contributed by atoms with Crippen molar-refractivity contribution < 1.29 is 14.3 Å². The summed E-state index contributed by atoms with van der Waals surface area (Å²) in [4.78, 5) is 27.0. The smallest absolute Gasteiger partial charge is 0.222 e. The Balaban J connectivity index is 1.51. The molecule has 0 aliphatic carbocycles. The summed E-state index contributed by atoms with van der Waals surface area (Å²) in [7, 11) is 3.50. The van der Waals surface area contributed by atoms with Gasteiger partial charge in [-0.3, -0.25) is 14.7 Å². The predicted octanol–water partition coefficient (Wildman–Crippen LogP) is 3.82. The van der Waals surface area contributed by atoms with Crippen LogP contribution < -0.4 is 10.1 Å². The maximum absolute atomic E-state index is 13.0. The molecule has 7 nitrogen and oxygen atoms in total. The van der Waals surface area contributed by atoms with Crippen LogP contribution in [-0.4, -0.2) is 46.6 Å². The summed E-state index contributed by atoms with van der Waals surface area (Å²) in [5, 5.41) is 12.6. The number of hydrogen-bond acceptors (Lipinski definition) is 4. The van der Waals surface area contributed by atoms with Crippen LogP contribution in [-0.2, 0) is 22.6 Å². The van der Waals surface area contributed by atoms with E-state index in [1.54, 1.807) is 12.0 Å². The zero-order valence-corrected chi connectivity index (χ0v) is 19.8. The predicted molar refractivity (Wildman–Crippen MR) is 128 cm³/mol. The molecule has 1 unspecified atom stereocenters. The molecule has 4 rings (SSSR count). The zero-order valence-electron chi connectivity index (χ0n) is 19.8. The van der Waals surface area contributed by atoms with Gasteiger partial charge in [-0.15, -0.1) is 0 Å². The number of carbonyl (C=O) groups excluding carboxylic acids is 2. The van der Waals surface area contributed by atoms with Crippen molar-refractivity contribution in [3.63, 3.8) is 0 Å². The molecule has 174 valence electrons. The lowest BCUT2D eigenvalue weighted by atomic mass is 9.83. The second-order valence-corrected chi connectivity index (χ2v) is 9.14. The summed E-state index contributed by atoms with van der Waals surface area (Å²) < 4.78 is 5.53. The van der Waals surface area contributed by atoms with Crippen molar-refractivity contribution in [2.75, 3.05) is 14.2 Å². The second-order valence-electron chi connectivity index (χ2n) is 9.14. The summed E-state index contributed by atoms with van der Waals surface area (Å²) in [6.07, 6.45) is 2.88. The lowest BCUT2D eigenvalue weighted by Crippen LogP contribution is -2.44. The highest BCUT2D eigenvalue weighted by molar-refractivity contribution is 5.91. The fraction of sp³-hybridized carbons (Fsp3) is 0.423. The van der Waals surface area contributed by atoms with Crippen molar-refractivity contribution in [2.45, 2.75) is 58.0 Å². The topological polar surface area (TPSA) is 87.3 Å². The van der Waals surface area contributed by atoms with Crippen molar-refractivity contribution in [3.8, 4) is 5.75 Å². The maximum atomic E-state index is 13.0. The van der Waals surface area contributed by atoms with Crippen LogP contribution in [0.2, 0.25) is 0 Å². The van der Waals surface area contributed by atoms with Gasteiger partial charge >= 0.3 is 0 Å². The summed E-state index contributed by atoms with van der Waals surface area (Å²) in [5.41, 5.74) is 3.68. The van der Waals surface area contributed by atoms with Gasteiger partial charge in [0.1, 0.15) is 5.75 Å². The van der Waals surface area contributed by atoms with Crippen molar-refractivity contribution >= 4 is 22.6 Å². The maximum Gasteiger partial charge on any atom is 0.222 e. The largest absolute Gasteiger partial charge is 0.496 e. The monoisotopic (exact) mass is 448 g/mol. The van der Waals surface area contributed by atoms with Gasteiger partial charge in [-0.1, -0.05) is 30.3 Å². The molecule has 1 aromatic heterocycles. The molecule has 33 heavy (non-hydrogen) atoms. The van der Waals surface area contributed by atoms with Crippen LogP contribution in [0.15, 0.2) is 36.4 Å². The molecule has 1 fully saturated rings. The number of ether oxygens (including phenoxy) is 1. The molecular weight excluding hydrogens is 416 g/mol. The Kier molecular flexibility index (Phi) is 6.40. The molecule has 2 N–H and O–H groups in total. The van der Waals surface area contributed by atoms with Crippen LogP contribution in [0.4, 0.5) is 0 Å². The van der Waals surface area contributed by atoms with Crippen molar-refractivity contribution in [3.05, 3.63) is 58.9 Å². The van der Waals surface area contributed by atoms with E-state index in [2.05, 4.69) is 33.7 Å². The van der Waals surface area contributed by atoms with Crippen LogP contribution in [0.1, 0.15) is 48.2 Å². The number of aromatic amines is 1. The normalized spacial score (nSPS) is 17.9. The third-order valence-corrected chi connectivity index (χ3v) is 6.88. The third kappa shape index (κ3) is 4.72. The zero-order chi connectivity index (χ0) is 23.6. The first-order valence-corrected chi connectivity index (χ1v) is 11.4. The van der Waals surface area contributed by atoms with Crippen molar-refractivity contribution in [2.24, 2.45) is 0 Å². The number of hydrogen-bond donors (Lipinski definition) is 2. The van der Waals surface area contributed by atoms with Gasteiger partial charge in [0.05, 0.1) is 12.8 Å². The number of aryl methyl sites for hydroxylation is 2. The number of benzene rings is 2. The molecular formula is C26H32N4O3. The molecule has 2 aromatic carbocycles. The number of fused-ring (bicyclic) bond motifs is 1. The van der Waals surface area contributed by atoms with Crippen LogP contribution in [0.5, 0.6) is 5.75 Å². The van der Waals surface area contributed by atoms with Crippen LogP contribution >= 0.6 is 0 Å². The molecule has 1 saturated heterocycles. The van der Waals surface area contributed by atoms with Gasteiger partial charge in [-0.2, -0.15) is 5.10 Å². The highest BCUT2D eigenvalue weighted by Crippen LogP contribution is 2.35. The molecule has 1 aliphatic rings. The van der Waals surface area contributed by atoms with Gasteiger partial charge in [0.2, 0.25) is 11.8 Å². The van der Waals surface area contributed by atoms with Crippen LogP contribution in [0, 0.1) is 13.8 Å². The molecule has 3 aromatic rings. The Labute approximate surface area is 194 Å². The standard InChI is InChI=1S/C26H32N4O3/c1-17-22(18(2)29-28-17)16-30(3)25(32)12-14-26(13-11-24(31)27-26)15-19-9-10-23(33-4)21-8-6-5-7-20(19)21/h5-10H,11-16H2,1-4H3,(H,27,31)(H,28,29).